The van der Waals surface area contributed by atoms with Crippen molar-refractivity contribution in [2.75, 3.05) is 0 Å². The van der Waals surface area contributed by atoms with Crippen LogP contribution in [0.15, 0.2) is 35.3 Å². The van der Waals surface area contributed by atoms with Gasteiger partial charge in [0.15, 0.2) is 0 Å². The summed E-state index contributed by atoms with van der Waals surface area (Å²) in [6, 6.07) is 0. The standard InChI is InChI=1S/C9H14FN/c1-6(2)5-9(10)7(3)8(4)11/h5H,4,11H2,1-3H3/b9-7-. The van der Waals surface area contributed by atoms with Gasteiger partial charge in [0.1, 0.15) is 5.83 Å². The number of rotatable bonds is 2. The third-order valence-corrected chi connectivity index (χ3v) is 1.26. The first kappa shape index (κ1) is 9.95. The summed E-state index contributed by atoms with van der Waals surface area (Å²) in [6.07, 6.45) is 1.44. The molecule has 0 amide bonds. The van der Waals surface area contributed by atoms with E-state index in [4.69, 9.17) is 5.73 Å². The van der Waals surface area contributed by atoms with Gasteiger partial charge in [0.25, 0.3) is 0 Å². The average molecular weight is 155 g/mol. The maximum Gasteiger partial charge on any atom is 0.128 e. The summed E-state index contributed by atoms with van der Waals surface area (Å²) in [5.74, 6) is -0.308. The van der Waals surface area contributed by atoms with E-state index in [0.29, 0.717) is 5.57 Å². The van der Waals surface area contributed by atoms with Gasteiger partial charge in [-0.15, -0.1) is 0 Å². The maximum absolute atomic E-state index is 13.0. The lowest BCUT2D eigenvalue weighted by molar-refractivity contribution is 0.654. The molecule has 0 bridgehead atoms. The van der Waals surface area contributed by atoms with Crippen molar-refractivity contribution in [3.8, 4) is 0 Å². The Morgan fingerprint density at radius 3 is 2.09 bits per heavy atom. The summed E-state index contributed by atoms with van der Waals surface area (Å²) in [4.78, 5) is 0. The largest absolute Gasteiger partial charge is 0.399 e. The predicted molar refractivity (Wildman–Crippen MR) is 46.6 cm³/mol. The van der Waals surface area contributed by atoms with E-state index in [9.17, 15) is 4.39 Å². The number of hydrogen-bond acceptors (Lipinski definition) is 1. The van der Waals surface area contributed by atoms with Crippen LogP contribution in [0.2, 0.25) is 0 Å². The van der Waals surface area contributed by atoms with Crippen LogP contribution in [0.5, 0.6) is 0 Å². The van der Waals surface area contributed by atoms with Crippen LogP contribution in [0.25, 0.3) is 0 Å². The first-order valence-corrected chi connectivity index (χ1v) is 3.41. The molecule has 0 aliphatic rings. The second kappa shape index (κ2) is 3.96. The number of hydrogen-bond donors (Lipinski definition) is 1. The lowest BCUT2D eigenvalue weighted by Gasteiger charge is -1.99. The Balaban J connectivity index is 4.68. The normalized spacial score (nSPS) is 12.0. The van der Waals surface area contributed by atoms with Crippen molar-refractivity contribution in [2.45, 2.75) is 20.8 Å². The van der Waals surface area contributed by atoms with E-state index < -0.39 is 0 Å². The number of allylic oxidation sites excluding steroid dienone is 4. The Bertz CT molecular complexity index is 220. The van der Waals surface area contributed by atoms with Crippen LogP contribution in [0, 0.1) is 0 Å². The summed E-state index contributed by atoms with van der Waals surface area (Å²) in [5.41, 5.74) is 6.88. The zero-order valence-corrected chi connectivity index (χ0v) is 7.24. The number of nitrogens with two attached hydrogens (primary N) is 1. The molecule has 0 saturated heterocycles. The fourth-order valence-electron chi connectivity index (χ4n) is 0.515. The van der Waals surface area contributed by atoms with Crippen molar-refractivity contribution >= 4 is 0 Å². The van der Waals surface area contributed by atoms with Gasteiger partial charge >= 0.3 is 0 Å². The Morgan fingerprint density at radius 2 is 1.82 bits per heavy atom. The van der Waals surface area contributed by atoms with Crippen LogP contribution < -0.4 is 5.73 Å². The molecule has 62 valence electrons. The van der Waals surface area contributed by atoms with E-state index in [1.54, 1.807) is 6.92 Å². The molecule has 0 unspecified atom stereocenters. The molecule has 0 heterocycles. The van der Waals surface area contributed by atoms with E-state index in [2.05, 4.69) is 6.58 Å². The Hall–Kier alpha value is -1.05. The molecule has 0 aliphatic carbocycles. The first-order valence-electron chi connectivity index (χ1n) is 3.41. The van der Waals surface area contributed by atoms with E-state index in [1.807, 2.05) is 13.8 Å². The third-order valence-electron chi connectivity index (χ3n) is 1.26. The quantitative estimate of drug-likeness (QED) is 0.609. The second-order valence-electron chi connectivity index (χ2n) is 2.72. The van der Waals surface area contributed by atoms with Gasteiger partial charge in [-0.2, -0.15) is 0 Å². The molecule has 2 heteroatoms. The van der Waals surface area contributed by atoms with Gasteiger partial charge in [0.05, 0.1) is 0 Å². The lowest BCUT2D eigenvalue weighted by Crippen LogP contribution is -1.97. The first-order chi connectivity index (χ1) is 4.95. The third kappa shape index (κ3) is 3.61. The van der Waals surface area contributed by atoms with E-state index in [1.165, 1.54) is 6.08 Å². The fraction of sp³-hybridized carbons (Fsp3) is 0.333. The molecule has 0 rings (SSSR count). The Labute approximate surface area is 67.1 Å². The molecule has 1 nitrogen and oxygen atoms in total. The van der Waals surface area contributed by atoms with Crippen molar-refractivity contribution in [1.29, 1.82) is 0 Å². The van der Waals surface area contributed by atoms with Gasteiger partial charge < -0.3 is 5.73 Å². The van der Waals surface area contributed by atoms with Gasteiger partial charge in [0, 0.05) is 11.3 Å². The minimum Gasteiger partial charge on any atom is -0.399 e. The molecule has 0 saturated carbocycles. The van der Waals surface area contributed by atoms with Gasteiger partial charge in [-0.1, -0.05) is 12.2 Å². The molecule has 0 aromatic carbocycles. The van der Waals surface area contributed by atoms with E-state index in [-0.39, 0.29) is 11.5 Å². The van der Waals surface area contributed by atoms with Crippen LogP contribution in [-0.2, 0) is 0 Å². The highest BCUT2D eigenvalue weighted by Crippen LogP contribution is 2.12. The smallest absolute Gasteiger partial charge is 0.128 e. The fourth-order valence-corrected chi connectivity index (χ4v) is 0.515. The van der Waals surface area contributed by atoms with Gasteiger partial charge in [-0.05, 0) is 26.8 Å². The molecule has 0 aliphatic heterocycles. The summed E-state index contributed by atoms with van der Waals surface area (Å²) in [7, 11) is 0. The molecule has 0 aromatic rings. The van der Waals surface area contributed by atoms with Gasteiger partial charge in [-0.25, -0.2) is 4.39 Å². The van der Waals surface area contributed by atoms with Crippen LogP contribution in [0.4, 0.5) is 4.39 Å². The highest BCUT2D eigenvalue weighted by atomic mass is 19.1. The van der Waals surface area contributed by atoms with Crippen molar-refractivity contribution in [3.05, 3.63) is 35.3 Å². The van der Waals surface area contributed by atoms with Gasteiger partial charge in [-0.3, -0.25) is 0 Å². The van der Waals surface area contributed by atoms with E-state index in [0.717, 1.165) is 5.57 Å². The van der Waals surface area contributed by atoms with Crippen LogP contribution in [0.1, 0.15) is 20.8 Å². The zero-order valence-electron chi connectivity index (χ0n) is 7.24. The highest BCUT2D eigenvalue weighted by molar-refractivity contribution is 5.32. The summed E-state index contributed by atoms with van der Waals surface area (Å²) in [6.45, 7) is 8.69. The Morgan fingerprint density at radius 1 is 1.36 bits per heavy atom. The van der Waals surface area contributed by atoms with E-state index >= 15 is 0 Å². The Kier molecular flexibility index (Phi) is 3.58. The minimum atomic E-state index is -0.308. The van der Waals surface area contributed by atoms with Crippen molar-refractivity contribution in [2.24, 2.45) is 5.73 Å². The monoisotopic (exact) mass is 155 g/mol. The molecule has 0 radical (unpaired) electrons. The SMILES string of the molecule is C=C(N)/C(C)=C(\F)C=C(C)C. The molecular weight excluding hydrogens is 141 g/mol. The van der Waals surface area contributed by atoms with Crippen LogP contribution in [-0.4, -0.2) is 0 Å². The molecule has 0 fully saturated rings. The zero-order chi connectivity index (χ0) is 9.02. The topological polar surface area (TPSA) is 26.0 Å². The summed E-state index contributed by atoms with van der Waals surface area (Å²) < 4.78 is 13.0. The summed E-state index contributed by atoms with van der Waals surface area (Å²) in [5, 5.41) is 0. The maximum atomic E-state index is 13.0. The lowest BCUT2D eigenvalue weighted by atomic mass is 10.2. The summed E-state index contributed by atoms with van der Waals surface area (Å²) >= 11 is 0. The molecule has 0 aromatic heterocycles. The molecular formula is C9H14FN. The molecule has 2 N–H and O–H groups in total. The van der Waals surface area contributed by atoms with Crippen molar-refractivity contribution in [1.82, 2.24) is 0 Å². The molecule has 11 heavy (non-hydrogen) atoms. The van der Waals surface area contributed by atoms with Crippen molar-refractivity contribution in [3.63, 3.8) is 0 Å². The average Bonchev–Trinajstić information content (AvgIpc) is 1.84. The van der Waals surface area contributed by atoms with Crippen LogP contribution in [0.3, 0.4) is 0 Å². The second-order valence-corrected chi connectivity index (χ2v) is 2.72. The van der Waals surface area contributed by atoms with Crippen molar-refractivity contribution < 1.29 is 4.39 Å². The molecule has 0 atom stereocenters. The predicted octanol–water partition coefficient (Wildman–Crippen LogP) is 2.67. The minimum absolute atomic E-state index is 0.278. The van der Waals surface area contributed by atoms with Gasteiger partial charge in [0.2, 0.25) is 0 Å². The number of halogens is 1. The molecule has 0 spiro atoms. The highest BCUT2D eigenvalue weighted by Gasteiger charge is 1.98. The van der Waals surface area contributed by atoms with Crippen LogP contribution >= 0.6 is 0 Å².